The van der Waals surface area contributed by atoms with E-state index in [0.29, 0.717) is 19.0 Å². The van der Waals surface area contributed by atoms with Crippen molar-refractivity contribution in [3.63, 3.8) is 0 Å². The Morgan fingerprint density at radius 3 is 2.96 bits per heavy atom. The van der Waals surface area contributed by atoms with E-state index in [1.54, 1.807) is 16.8 Å². The number of ether oxygens (including phenoxy) is 1. The number of guanidine groups is 1. The molecule has 24 heavy (non-hydrogen) atoms. The number of hydrogen-bond acceptors (Lipinski definition) is 3. The van der Waals surface area contributed by atoms with Gasteiger partial charge in [-0.15, -0.1) is 0 Å². The molecule has 1 atom stereocenters. The van der Waals surface area contributed by atoms with Gasteiger partial charge in [0, 0.05) is 24.9 Å². The average molecular weight is 331 g/mol. The van der Waals surface area contributed by atoms with E-state index in [1.807, 2.05) is 13.1 Å². The summed E-state index contributed by atoms with van der Waals surface area (Å²) in [4.78, 5) is 4.35. The maximum atomic E-state index is 13.0. The number of aliphatic imine (C=N–C) groups is 1. The third-order valence-corrected chi connectivity index (χ3v) is 4.05. The molecule has 7 heteroatoms. The van der Waals surface area contributed by atoms with Gasteiger partial charge in [-0.2, -0.15) is 5.10 Å². The molecule has 0 bridgehead atoms. The fraction of sp³-hybridized carbons (Fsp3) is 0.412. The van der Waals surface area contributed by atoms with Gasteiger partial charge < -0.3 is 15.8 Å². The van der Waals surface area contributed by atoms with Crippen molar-refractivity contribution in [2.24, 2.45) is 10.7 Å². The summed E-state index contributed by atoms with van der Waals surface area (Å²) < 4.78 is 20.3. The summed E-state index contributed by atoms with van der Waals surface area (Å²) in [6, 6.07) is 6.20. The molecule has 1 aromatic carbocycles. The summed E-state index contributed by atoms with van der Waals surface area (Å²) in [5.74, 6) is 0.136. The number of benzene rings is 1. The van der Waals surface area contributed by atoms with Gasteiger partial charge in [-0.25, -0.2) is 14.1 Å². The molecular weight excluding hydrogens is 309 g/mol. The van der Waals surface area contributed by atoms with E-state index < -0.39 is 0 Å². The molecule has 0 aliphatic carbocycles. The van der Waals surface area contributed by atoms with E-state index in [4.69, 9.17) is 10.5 Å². The predicted octanol–water partition coefficient (Wildman–Crippen LogP) is 1.90. The zero-order chi connectivity index (χ0) is 16.9. The highest BCUT2D eigenvalue weighted by Crippen LogP contribution is 2.14. The van der Waals surface area contributed by atoms with Crippen LogP contribution in [0.3, 0.4) is 0 Å². The number of halogens is 1. The molecule has 1 unspecified atom stereocenters. The third-order valence-electron chi connectivity index (χ3n) is 4.05. The van der Waals surface area contributed by atoms with Crippen molar-refractivity contribution in [3.8, 4) is 5.69 Å². The molecule has 6 nitrogen and oxygen atoms in total. The summed E-state index contributed by atoms with van der Waals surface area (Å²) in [5.41, 5.74) is 8.55. The largest absolute Gasteiger partial charge is 0.376 e. The highest BCUT2D eigenvalue weighted by atomic mass is 19.1. The zero-order valence-electron chi connectivity index (χ0n) is 13.7. The van der Waals surface area contributed by atoms with Crippen LogP contribution in [0.2, 0.25) is 0 Å². The Morgan fingerprint density at radius 2 is 2.25 bits per heavy atom. The van der Waals surface area contributed by atoms with Gasteiger partial charge in [0.2, 0.25) is 0 Å². The van der Waals surface area contributed by atoms with Crippen LogP contribution in [0, 0.1) is 12.7 Å². The lowest BCUT2D eigenvalue weighted by Gasteiger charge is -2.10. The van der Waals surface area contributed by atoms with Crippen molar-refractivity contribution in [3.05, 3.63) is 47.5 Å². The molecule has 0 amide bonds. The van der Waals surface area contributed by atoms with Gasteiger partial charge in [-0.3, -0.25) is 0 Å². The van der Waals surface area contributed by atoms with Crippen LogP contribution in [-0.4, -0.2) is 35.0 Å². The number of nitrogens with one attached hydrogen (secondary N) is 1. The van der Waals surface area contributed by atoms with Crippen LogP contribution in [0.5, 0.6) is 0 Å². The molecule has 1 aliphatic rings. The summed E-state index contributed by atoms with van der Waals surface area (Å²) in [7, 11) is 0. The molecule has 3 rings (SSSR count). The van der Waals surface area contributed by atoms with Crippen LogP contribution >= 0.6 is 0 Å². The van der Waals surface area contributed by atoms with Gasteiger partial charge in [-0.05, 0) is 44.0 Å². The fourth-order valence-corrected chi connectivity index (χ4v) is 2.63. The van der Waals surface area contributed by atoms with E-state index in [-0.39, 0.29) is 11.9 Å². The fourth-order valence-electron chi connectivity index (χ4n) is 2.63. The molecule has 0 radical (unpaired) electrons. The minimum Gasteiger partial charge on any atom is -0.376 e. The van der Waals surface area contributed by atoms with Crippen LogP contribution in [0.15, 0.2) is 35.5 Å². The van der Waals surface area contributed by atoms with Crippen LogP contribution in [0.4, 0.5) is 4.39 Å². The number of aromatic nitrogens is 2. The number of aryl methyl sites for hydroxylation is 1. The lowest BCUT2D eigenvalue weighted by atomic mass is 10.2. The third kappa shape index (κ3) is 4.11. The number of rotatable bonds is 5. The molecule has 0 spiro atoms. The van der Waals surface area contributed by atoms with Crippen LogP contribution in [-0.2, 0) is 11.3 Å². The summed E-state index contributed by atoms with van der Waals surface area (Å²) in [5, 5.41) is 7.53. The molecular formula is C17H22FN5O. The summed E-state index contributed by atoms with van der Waals surface area (Å²) >= 11 is 0. The monoisotopic (exact) mass is 331 g/mol. The first-order chi connectivity index (χ1) is 11.6. The van der Waals surface area contributed by atoms with Crippen molar-refractivity contribution in [2.75, 3.05) is 13.2 Å². The molecule has 2 heterocycles. The normalized spacial score (nSPS) is 18.1. The molecule has 128 valence electrons. The number of nitrogens with zero attached hydrogens (tertiary/aromatic N) is 3. The smallest absolute Gasteiger partial charge is 0.189 e. The van der Waals surface area contributed by atoms with Gasteiger partial charge in [0.25, 0.3) is 0 Å². The Bertz CT molecular complexity index is 704. The molecule has 1 aromatic heterocycles. The highest BCUT2D eigenvalue weighted by molar-refractivity contribution is 5.77. The van der Waals surface area contributed by atoms with Gasteiger partial charge >= 0.3 is 0 Å². The number of nitrogens with two attached hydrogens (primary N) is 1. The predicted molar refractivity (Wildman–Crippen MR) is 90.6 cm³/mol. The highest BCUT2D eigenvalue weighted by Gasteiger charge is 2.15. The Hall–Kier alpha value is -2.41. The maximum Gasteiger partial charge on any atom is 0.189 e. The molecule has 1 saturated heterocycles. The summed E-state index contributed by atoms with van der Waals surface area (Å²) in [6.07, 6.45) is 4.27. The molecule has 2 aromatic rings. The maximum absolute atomic E-state index is 13.0. The van der Waals surface area contributed by atoms with E-state index in [1.165, 1.54) is 12.1 Å². The lowest BCUT2D eigenvalue weighted by Crippen LogP contribution is -2.37. The van der Waals surface area contributed by atoms with Gasteiger partial charge in [0.1, 0.15) is 5.82 Å². The Morgan fingerprint density at radius 1 is 1.46 bits per heavy atom. The van der Waals surface area contributed by atoms with Crippen molar-refractivity contribution >= 4 is 5.96 Å². The second-order valence-corrected chi connectivity index (χ2v) is 5.88. The van der Waals surface area contributed by atoms with E-state index >= 15 is 0 Å². The Kier molecular flexibility index (Phi) is 5.10. The first kappa shape index (κ1) is 16.4. The minimum absolute atomic E-state index is 0.224. The van der Waals surface area contributed by atoms with Crippen molar-refractivity contribution < 1.29 is 9.13 Å². The van der Waals surface area contributed by atoms with Crippen LogP contribution in [0.25, 0.3) is 5.69 Å². The van der Waals surface area contributed by atoms with Gasteiger partial charge in [0.15, 0.2) is 5.96 Å². The van der Waals surface area contributed by atoms with Crippen molar-refractivity contribution in [2.45, 2.75) is 32.4 Å². The minimum atomic E-state index is -0.266. The Balaban J connectivity index is 1.60. The number of hydrogen-bond donors (Lipinski definition) is 2. The van der Waals surface area contributed by atoms with E-state index in [9.17, 15) is 4.39 Å². The van der Waals surface area contributed by atoms with Gasteiger partial charge in [0.05, 0.1) is 24.0 Å². The standard InChI is InChI=1S/C17H22FN5O/c1-12-13(9-20-17(19)21-10-16-3-2-8-24-16)11-23(22-12)15-6-4-14(18)5-7-15/h4-7,11,16H,2-3,8-10H2,1H3,(H3,19,20,21). The van der Waals surface area contributed by atoms with Crippen molar-refractivity contribution in [1.82, 2.24) is 15.1 Å². The first-order valence-corrected chi connectivity index (χ1v) is 8.08. The SMILES string of the molecule is Cc1nn(-c2ccc(F)cc2)cc1CN=C(N)NCC1CCCO1. The van der Waals surface area contributed by atoms with Crippen molar-refractivity contribution in [1.29, 1.82) is 0 Å². The second-order valence-electron chi connectivity index (χ2n) is 5.88. The average Bonchev–Trinajstić information content (AvgIpc) is 3.21. The summed E-state index contributed by atoms with van der Waals surface area (Å²) in [6.45, 7) is 3.87. The van der Waals surface area contributed by atoms with Gasteiger partial charge in [-0.1, -0.05) is 0 Å². The van der Waals surface area contributed by atoms with E-state index in [2.05, 4.69) is 15.4 Å². The molecule has 1 aliphatic heterocycles. The first-order valence-electron chi connectivity index (χ1n) is 8.08. The van der Waals surface area contributed by atoms with Crippen LogP contribution in [0.1, 0.15) is 24.1 Å². The second kappa shape index (κ2) is 7.44. The van der Waals surface area contributed by atoms with E-state index in [0.717, 1.165) is 36.4 Å². The molecule has 0 saturated carbocycles. The molecule has 1 fully saturated rings. The molecule has 3 N–H and O–H groups in total. The Labute approximate surface area is 140 Å². The lowest BCUT2D eigenvalue weighted by molar-refractivity contribution is 0.114. The topological polar surface area (TPSA) is 77.5 Å². The zero-order valence-corrected chi connectivity index (χ0v) is 13.7. The quantitative estimate of drug-likeness (QED) is 0.648. The van der Waals surface area contributed by atoms with Crippen LogP contribution < -0.4 is 11.1 Å².